The Bertz CT molecular complexity index is 1260. The summed E-state index contributed by atoms with van der Waals surface area (Å²) >= 11 is 1.29. The molecule has 4 rings (SSSR count). The zero-order valence-electron chi connectivity index (χ0n) is 17.8. The number of nitrogens with zero attached hydrogens (tertiary/aromatic N) is 4. The van der Waals surface area contributed by atoms with E-state index in [2.05, 4.69) is 15.3 Å². The molecule has 4 N–H and O–H groups in total. The highest BCUT2D eigenvalue weighted by Gasteiger charge is 2.30. The average molecular weight is 474 g/mol. The number of carboxylic acid groups (broad SMARTS) is 1. The first-order chi connectivity index (χ1) is 15.8. The zero-order chi connectivity index (χ0) is 23.7. The van der Waals surface area contributed by atoms with Gasteiger partial charge >= 0.3 is 5.97 Å². The largest absolute Gasteiger partial charge is 0.477 e. The van der Waals surface area contributed by atoms with E-state index in [4.69, 9.17) is 5.11 Å². The van der Waals surface area contributed by atoms with Crippen LogP contribution in [0.5, 0.6) is 0 Å². The van der Waals surface area contributed by atoms with Crippen molar-refractivity contribution in [2.45, 2.75) is 19.4 Å². The van der Waals surface area contributed by atoms with Crippen molar-refractivity contribution in [1.29, 1.82) is 0 Å². The second-order valence-corrected chi connectivity index (χ2v) is 8.74. The van der Waals surface area contributed by atoms with Crippen LogP contribution in [0.1, 0.15) is 22.3 Å². The van der Waals surface area contributed by atoms with E-state index < -0.39 is 24.1 Å². The summed E-state index contributed by atoms with van der Waals surface area (Å²) in [4.78, 5) is 47.8. The molecule has 2 unspecified atom stereocenters. The van der Waals surface area contributed by atoms with Gasteiger partial charge in [0, 0.05) is 37.4 Å². The van der Waals surface area contributed by atoms with E-state index in [9.17, 15) is 24.6 Å². The number of hydrogen-bond donors (Lipinski definition) is 4. The van der Waals surface area contributed by atoms with Crippen LogP contribution in [0, 0.1) is 12.8 Å². The van der Waals surface area contributed by atoms with Crippen molar-refractivity contribution in [2.24, 2.45) is 5.92 Å². The molecular formula is C21H23N5O6S. The van der Waals surface area contributed by atoms with Gasteiger partial charge in [-0.25, -0.2) is 14.8 Å². The number of hydrogen-bond acceptors (Lipinski definition) is 9. The highest BCUT2D eigenvalue weighted by Crippen LogP contribution is 2.28. The van der Waals surface area contributed by atoms with Crippen LogP contribution < -0.4 is 15.6 Å². The number of aryl methyl sites for hydroxylation is 1. The smallest absolute Gasteiger partial charge is 0.341 e. The predicted octanol–water partition coefficient (Wildman–Crippen LogP) is 0.145. The summed E-state index contributed by atoms with van der Waals surface area (Å²) in [7, 11) is 0. The van der Waals surface area contributed by atoms with Gasteiger partial charge in [0.15, 0.2) is 10.8 Å². The fourth-order valence-electron chi connectivity index (χ4n) is 3.88. The molecule has 1 aliphatic rings. The highest BCUT2D eigenvalue weighted by molar-refractivity contribution is 7.12. The summed E-state index contributed by atoms with van der Waals surface area (Å²) in [6.45, 7) is 2.23. The Balaban J connectivity index is 1.70. The molecule has 0 spiro atoms. The molecule has 2 atom stereocenters. The summed E-state index contributed by atoms with van der Waals surface area (Å²) in [5, 5.41) is 32.9. The number of carbonyl (C=O) groups is 2. The molecule has 0 aromatic carbocycles. The van der Waals surface area contributed by atoms with E-state index in [0.717, 1.165) is 0 Å². The van der Waals surface area contributed by atoms with Crippen molar-refractivity contribution in [3.8, 4) is 5.13 Å². The maximum atomic E-state index is 12.9. The molecule has 11 nitrogen and oxygen atoms in total. The molecule has 33 heavy (non-hydrogen) atoms. The first-order valence-corrected chi connectivity index (χ1v) is 11.2. The number of aliphatic hydroxyl groups excluding tert-OH is 2. The first-order valence-electron chi connectivity index (χ1n) is 10.3. The van der Waals surface area contributed by atoms with Gasteiger partial charge in [-0.15, -0.1) is 11.3 Å². The van der Waals surface area contributed by atoms with E-state index in [1.54, 1.807) is 24.6 Å². The van der Waals surface area contributed by atoms with E-state index >= 15 is 0 Å². The minimum absolute atomic E-state index is 0.0227. The van der Waals surface area contributed by atoms with Gasteiger partial charge in [-0.2, -0.15) is 0 Å². The number of nitrogens with one attached hydrogen (secondary N) is 1. The van der Waals surface area contributed by atoms with Gasteiger partial charge in [-0.1, -0.05) is 0 Å². The molecule has 0 aliphatic carbocycles. The molecule has 0 saturated carbocycles. The molecule has 0 radical (unpaired) electrons. The molecule has 3 aromatic rings. The number of fused-ring (bicyclic) bond motifs is 1. The summed E-state index contributed by atoms with van der Waals surface area (Å²) in [6.07, 6.45) is 2.40. The SMILES string of the molecule is Cc1cc(N2CCC(C(=O)NCC(O)CO)C2)nc2c1c(=O)c(C(=O)O)cn2-c1nccs1. The standard InChI is InChI=1S/C21H23N5O6S/c1-11-6-15(25-4-2-12(8-25)19(30)23-7-13(28)10-27)24-18-16(11)17(29)14(20(31)32)9-26(18)21-22-3-5-33-21/h3,5-6,9,12-13,27-28H,2,4,7-8,10H2,1H3,(H,23,30)(H,31,32). The summed E-state index contributed by atoms with van der Waals surface area (Å²) in [6, 6.07) is 1.72. The third kappa shape index (κ3) is 4.45. The summed E-state index contributed by atoms with van der Waals surface area (Å²) < 4.78 is 1.51. The van der Waals surface area contributed by atoms with Crippen LogP contribution in [0.2, 0.25) is 0 Å². The van der Waals surface area contributed by atoms with Crippen LogP contribution in [0.3, 0.4) is 0 Å². The molecule has 1 saturated heterocycles. The molecule has 174 valence electrons. The van der Waals surface area contributed by atoms with Crippen LogP contribution in [-0.2, 0) is 4.79 Å². The Labute approximate surface area is 191 Å². The monoisotopic (exact) mass is 473 g/mol. The lowest BCUT2D eigenvalue weighted by Crippen LogP contribution is -2.38. The van der Waals surface area contributed by atoms with Crippen LogP contribution in [0.25, 0.3) is 16.2 Å². The van der Waals surface area contributed by atoms with Crippen LogP contribution >= 0.6 is 11.3 Å². The number of aliphatic hydroxyl groups is 2. The van der Waals surface area contributed by atoms with Gasteiger partial charge in [0.05, 0.1) is 24.0 Å². The molecular weight excluding hydrogens is 450 g/mol. The minimum atomic E-state index is -1.32. The maximum absolute atomic E-state index is 12.9. The quantitative estimate of drug-likeness (QED) is 0.375. The van der Waals surface area contributed by atoms with Crippen LogP contribution in [0.15, 0.2) is 28.6 Å². The van der Waals surface area contributed by atoms with Crippen LogP contribution in [0.4, 0.5) is 5.82 Å². The van der Waals surface area contributed by atoms with Crippen molar-refractivity contribution < 1.29 is 24.9 Å². The van der Waals surface area contributed by atoms with Crippen molar-refractivity contribution in [1.82, 2.24) is 19.9 Å². The number of rotatable bonds is 7. The van der Waals surface area contributed by atoms with E-state index in [1.807, 2.05) is 4.90 Å². The van der Waals surface area contributed by atoms with Gasteiger partial charge in [0.1, 0.15) is 11.4 Å². The number of carboxylic acids is 1. The fourth-order valence-corrected chi connectivity index (χ4v) is 4.50. The second kappa shape index (κ2) is 9.25. The van der Waals surface area contributed by atoms with Crippen molar-refractivity contribution in [3.05, 3.63) is 45.2 Å². The number of anilines is 1. The predicted molar refractivity (Wildman–Crippen MR) is 121 cm³/mol. The van der Waals surface area contributed by atoms with Gasteiger partial charge in [-0.05, 0) is 25.0 Å². The van der Waals surface area contributed by atoms with Crippen molar-refractivity contribution in [3.63, 3.8) is 0 Å². The lowest BCUT2D eigenvalue weighted by molar-refractivity contribution is -0.124. The Kier molecular flexibility index (Phi) is 6.40. The van der Waals surface area contributed by atoms with Crippen molar-refractivity contribution in [2.75, 3.05) is 31.1 Å². The van der Waals surface area contributed by atoms with Crippen molar-refractivity contribution >= 4 is 40.1 Å². The third-order valence-corrected chi connectivity index (χ3v) is 6.37. The molecule has 1 amide bonds. The maximum Gasteiger partial charge on any atom is 0.341 e. The topological polar surface area (TPSA) is 158 Å². The second-order valence-electron chi connectivity index (χ2n) is 7.87. The van der Waals surface area contributed by atoms with Gasteiger partial charge in [0.25, 0.3) is 0 Å². The lowest BCUT2D eigenvalue weighted by atomic mass is 10.1. The van der Waals surface area contributed by atoms with Crippen LogP contribution in [-0.4, -0.2) is 74.1 Å². The Morgan fingerprint density at radius 1 is 1.39 bits per heavy atom. The van der Waals surface area contributed by atoms with E-state index in [-0.39, 0.29) is 29.3 Å². The lowest BCUT2D eigenvalue weighted by Gasteiger charge is -2.20. The number of thiazole rings is 1. The number of aromatic carboxylic acids is 1. The number of pyridine rings is 2. The molecule has 4 heterocycles. The molecule has 0 bridgehead atoms. The average Bonchev–Trinajstić information content (AvgIpc) is 3.49. The van der Waals surface area contributed by atoms with E-state index in [0.29, 0.717) is 41.7 Å². The number of carbonyl (C=O) groups excluding carboxylic acids is 1. The number of amides is 1. The molecule has 3 aromatic heterocycles. The Hall–Kier alpha value is -3.35. The Morgan fingerprint density at radius 3 is 2.85 bits per heavy atom. The first kappa shape index (κ1) is 22.8. The molecule has 12 heteroatoms. The summed E-state index contributed by atoms with van der Waals surface area (Å²) in [5.74, 6) is -1.29. The minimum Gasteiger partial charge on any atom is -0.477 e. The molecule has 1 fully saturated rings. The van der Waals surface area contributed by atoms with Gasteiger partial charge < -0.3 is 25.5 Å². The van der Waals surface area contributed by atoms with Gasteiger partial charge in [-0.3, -0.25) is 14.2 Å². The zero-order valence-corrected chi connectivity index (χ0v) is 18.6. The Morgan fingerprint density at radius 2 is 2.18 bits per heavy atom. The highest BCUT2D eigenvalue weighted by atomic mass is 32.1. The van der Waals surface area contributed by atoms with Gasteiger partial charge in [0.2, 0.25) is 11.3 Å². The van der Waals surface area contributed by atoms with E-state index in [1.165, 1.54) is 22.1 Å². The summed E-state index contributed by atoms with van der Waals surface area (Å²) in [5.41, 5.74) is -0.0948. The molecule has 1 aliphatic heterocycles. The fraction of sp³-hybridized carbons (Fsp3) is 0.381. The normalized spacial score (nSPS) is 16.8. The number of aromatic nitrogens is 3. The third-order valence-electron chi connectivity index (χ3n) is 5.60.